The van der Waals surface area contributed by atoms with Gasteiger partial charge in [-0.2, -0.15) is 0 Å². The third-order valence-corrected chi connectivity index (χ3v) is 8.96. The molecule has 14 heteroatoms. The fourth-order valence-electron chi connectivity index (χ4n) is 6.26. The zero-order valence-corrected chi connectivity index (χ0v) is 30.1. The Labute approximate surface area is 289 Å². The molecule has 6 N–H and O–H groups in total. The van der Waals surface area contributed by atoms with Gasteiger partial charge in [0.15, 0.2) is 6.10 Å². The van der Waals surface area contributed by atoms with Gasteiger partial charge in [0, 0.05) is 50.4 Å². The Morgan fingerprint density at radius 2 is 1.63 bits per heavy atom. The van der Waals surface area contributed by atoms with Crippen LogP contribution in [0.15, 0.2) is 46.3 Å². The lowest BCUT2D eigenvalue weighted by Gasteiger charge is -2.32. The summed E-state index contributed by atoms with van der Waals surface area (Å²) < 4.78 is 22.6. The van der Waals surface area contributed by atoms with Crippen LogP contribution in [0.4, 0.5) is 9.59 Å². The first-order chi connectivity index (χ1) is 23.2. The van der Waals surface area contributed by atoms with Crippen LogP contribution in [0, 0.1) is 11.8 Å². The average Bonchev–Trinajstić information content (AvgIpc) is 3.04. The minimum absolute atomic E-state index is 0.117. The molecule has 1 heterocycles. The molecule has 0 aromatic carbocycles. The van der Waals surface area contributed by atoms with Crippen molar-refractivity contribution >= 4 is 29.7 Å². The van der Waals surface area contributed by atoms with E-state index >= 15 is 0 Å². The molecule has 0 fully saturated rings. The number of nitrogens with two attached hydrogens (primary N) is 2. The van der Waals surface area contributed by atoms with Crippen LogP contribution < -0.4 is 22.1 Å². The molecular formula is C35H55N5O9. The summed E-state index contributed by atoms with van der Waals surface area (Å²) in [5, 5.41) is 5.82. The minimum Gasteiger partial charge on any atom is -0.443 e. The van der Waals surface area contributed by atoms with Gasteiger partial charge in [0.05, 0.1) is 23.6 Å². The summed E-state index contributed by atoms with van der Waals surface area (Å²) >= 11 is 0. The highest BCUT2D eigenvalue weighted by Gasteiger charge is 2.35. The topological polar surface area (TPSA) is 202 Å². The maximum atomic E-state index is 13.9. The molecule has 1 aliphatic heterocycles. The maximum absolute atomic E-state index is 13.9. The lowest BCUT2D eigenvalue weighted by atomic mass is 9.85. The molecule has 3 amide bonds. The maximum Gasteiger partial charge on any atom is 0.405 e. The zero-order chi connectivity index (χ0) is 36.8. The van der Waals surface area contributed by atoms with Crippen molar-refractivity contribution in [1.82, 2.24) is 15.5 Å². The van der Waals surface area contributed by atoms with Crippen molar-refractivity contribution < 1.29 is 42.9 Å². The van der Waals surface area contributed by atoms with Crippen molar-refractivity contribution in [1.29, 1.82) is 0 Å². The Kier molecular flexibility index (Phi) is 16.7. The molecule has 0 spiro atoms. The molecule has 274 valence electrons. The molecule has 0 saturated heterocycles. The number of nitrogens with one attached hydrogen (secondary N) is 2. The van der Waals surface area contributed by atoms with Crippen LogP contribution in [0.5, 0.6) is 0 Å². The van der Waals surface area contributed by atoms with Crippen LogP contribution in [-0.2, 0) is 33.3 Å². The smallest absolute Gasteiger partial charge is 0.405 e. The number of primary amides is 2. The summed E-state index contributed by atoms with van der Waals surface area (Å²) in [6, 6.07) is 0. The van der Waals surface area contributed by atoms with Gasteiger partial charge in [-0.1, -0.05) is 39.8 Å². The number of hydrogen-bond donors (Lipinski definition) is 4. The third kappa shape index (κ3) is 12.1. The lowest BCUT2D eigenvalue weighted by Crippen LogP contribution is -2.41. The van der Waals surface area contributed by atoms with Crippen molar-refractivity contribution in [2.45, 2.75) is 91.6 Å². The van der Waals surface area contributed by atoms with E-state index in [2.05, 4.69) is 15.5 Å². The summed E-state index contributed by atoms with van der Waals surface area (Å²) in [5.41, 5.74) is 12.1. The van der Waals surface area contributed by atoms with E-state index in [4.69, 9.17) is 30.4 Å². The molecule has 14 nitrogen and oxygen atoms in total. The number of carbonyl (C=O) groups excluding carboxylic acids is 5. The third-order valence-electron chi connectivity index (χ3n) is 8.96. The molecule has 6 atom stereocenters. The molecule has 6 unspecified atom stereocenters. The fraction of sp³-hybridized carbons (Fsp3) is 0.629. The Morgan fingerprint density at radius 1 is 1.00 bits per heavy atom. The van der Waals surface area contributed by atoms with E-state index < -0.39 is 60.0 Å². The first kappa shape index (κ1) is 41.2. The molecule has 0 saturated carbocycles. The standard InChI is InChI=1S/C35H55N5O9/c1-9-40(10-2)15-14-38-29-24-16-20(3)17-28(47-8)32(49-35(37)45)23(6)18-22(5)31(48-34(36)44)27(46-7)13-11-12-21(4)33(43)39-25(30(24)42)19-26(29)41/h12,18-20,23,27-28,31-32,38H,9-11,13-17H2,1-8H3,(H2,36,44)(H2,37,45)(H,39,43). The van der Waals surface area contributed by atoms with Gasteiger partial charge in [0.25, 0.3) is 5.91 Å². The first-order valence-corrected chi connectivity index (χ1v) is 16.8. The van der Waals surface area contributed by atoms with Crippen LogP contribution in [0.1, 0.15) is 67.2 Å². The number of fused-ring (bicyclic) bond motifs is 2. The minimum atomic E-state index is -1.00. The van der Waals surface area contributed by atoms with Gasteiger partial charge >= 0.3 is 12.2 Å². The van der Waals surface area contributed by atoms with E-state index in [0.717, 1.165) is 19.2 Å². The Balaban J connectivity index is 2.64. The van der Waals surface area contributed by atoms with Crippen LogP contribution in [-0.4, -0.2) is 99.4 Å². The number of likely N-dealkylation sites (N-methyl/N-ethyl adjacent to an activating group) is 1. The van der Waals surface area contributed by atoms with Gasteiger partial charge in [-0.05, 0) is 64.1 Å². The number of ketones is 2. The van der Waals surface area contributed by atoms with E-state index in [1.165, 1.54) is 14.2 Å². The van der Waals surface area contributed by atoms with Crippen molar-refractivity contribution in [3.05, 3.63) is 46.3 Å². The number of amides is 3. The van der Waals surface area contributed by atoms with Crippen LogP contribution in [0.3, 0.4) is 0 Å². The number of nitrogens with zero attached hydrogens (tertiary/aromatic N) is 1. The number of ether oxygens (including phenoxy) is 4. The Bertz CT molecular complexity index is 1330. The zero-order valence-electron chi connectivity index (χ0n) is 30.1. The molecular weight excluding hydrogens is 634 g/mol. The number of allylic oxidation sites excluding steroid dienone is 3. The van der Waals surface area contributed by atoms with Gasteiger partial charge in [-0.25, -0.2) is 9.59 Å². The summed E-state index contributed by atoms with van der Waals surface area (Å²) in [4.78, 5) is 66.8. The summed E-state index contributed by atoms with van der Waals surface area (Å²) in [6.07, 6.45) is 0.642. The highest BCUT2D eigenvalue weighted by Crippen LogP contribution is 2.30. The molecule has 2 aliphatic rings. The predicted octanol–water partition coefficient (Wildman–Crippen LogP) is 3.02. The highest BCUT2D eigenvalue weighted by molar-refractivity contribution is 6.23. The Hall–Kier alpha value is -4.01. The molecule has 49 heavy (non-hydrogen) atoms. The van der Waals surface area contributed by atoms with Crippen molar-refractivity contribution in [2.24, 2.45) is 23.3 Å². The number of methoxy groups -OCH3 is 2. The van der Waals surface area contributed by atoms with Gasteiger partial charge in [-0.3, -0.25) is 14.4 Å². The molecule has 1 aliphatic carbocycles. The van der Waals surface area contributed by atoms with Gasteiger partial charge in [0.2, 0.25) is 11.6 Å². The molecule has 2 bridgehead atoms. The predicted molar refractivity (Wildman–Crippen MR) is 184 cm³/mol. The summed E-state index contributed by atoms with van der Waals surface area (Å²) in [7, 11) is 2.95. The van der Waals surface area contributed by atoms with Crippen molar-refractivity contribution in [2.75, 3.05) is 40.4 Å². The first-order valence-electron chi connectivity index (χ1n) is 16.8. The van der Waals surface area contributed by atoms with E-state index in [1.54, 1.807) is 26.0 Å². The van der Waals surface area contributed by atoms with Gasteiger partial charge in [-0.15, -0.1) is 0 Å². The molecule has 0 radical (unpaired) electrons. The summed E-state index contributed by atoms with van der Waals surface area (Å²) in [6.45, 7) is 13.9. The SMILES string of the molecule is CCN(CC)CCNC1=C2CC(C)CC(OC)C(OC(N)=O)C(C)C=C(C)C(OC(N)=O)C(OC)CCC=C(C)C(=O)NC(=CC1=O)C2=O. The lowest BCUT2D eigenvalue weighted by molar-refractivity contribution is -0.120. The second-order valence-electron chi connectivity index (χ2n) is 12.6. The second-order valence-corrected chi connectivity index (χ2v) is 12.6. The van der Waals surface area contributed by atoms with Crippen molar-refractivity contribution in [3.8, 4) is 0 Å². The fourth-order valence-corrected chi connectivity index (χ4v) is 6.26. The highest BCUT2D eigenvalue weighted by atomic mass is 16.6. The Morgan fingerprint density at radius 3 is 2.20 bits per heavy atom. The van der Waals surface area contributed by atoms with Crippen molar-refractivity contribution in [3.63, 3.8) is 0 Å². The quantitative estimate of drug-likeness (QED) is 0.194. The van der Waals surface area contributed by atoms with Crippen LogP contribution in [0.25, 0.3) is 0 Å². The van der Waals surface area contributed by atoms with Gasteiger partial charge < -0.3 is 45.9 Å². The largest absolute Gasteiger partial charge is 0.443 e. The van der Waals surface area contributed by atoms with E-state index in [1.807, 2.05) is 27.7 Å². The van der Waals surface area contributed by atoms with Gasteiger partial charge in [0.1, 0.15) is 6.10 Å². The monoisotopic (exact) mass is 689 g/mol. The molecule has 0 aromatic heterocycles. The summed E-state index contributed by atoms with van der Waals surface area (Å²) in [5.74, 6) is -2.18. The average molecular weight is 690 g/mol. The number of carbonyl (C=O) groups is 5. The molecule has 0 aromatic rings. The number of Topliss-reactive ketones (excluding diaryl/α,β-unsaturated/α-hetero) is 1. The van der Waals surface area contributed by atoms with E-state index in [0.29, 0.717) is 43.5 Å². The second kappa shape index (κ2) is 19.9. The number of hydrogen-bond acceptors (Lipinski definition) is 11. The van der Waals surface area contributed by atoms with Crippen LogP contribution >= 0.6 is 0 Å². The normalized spacial score (nSPS) is 26.4. The van der Waals surface area contributed by atoms with E-state index in [-0.39, 0.29) is 29.3 Å². The number of rotatable bonds is 10. The molecule has 2 rings (SSSR count). The van der Waals surface area contributed by atoms with Crippen LogP contribution in [0.2, 0.25) is 0 Å². The van der Waals surface area contributed by atoms with E-state index in [9.17, 15) is 24.0 Å².